The molecule has 0 N–H and O–H groups in total. The van der Waals surface area contributed by atoms with Crippen LogP contribution in [0.4, 0.5) is 5.82 Å². The van der Waals surface area contributed by atoms with E-state index in [-0.39, 0.29) is 0 Å². The number of pyridine rings is 1. The fourth-order valence-corrected chi connectivity index (χ4v) is 1.68. The monoisotopic (exact) mass is 202 g/mol. The van der Waals surface area contributed by atoms with Gasteiger partial charge in [-0.05, 0) is 36.1 Å². The fraction of sp³-hybridized carbons (Fsp3) is 0.333. The lowest BCUT2D eigenvalue weighted by Gasteiger charge is -1.99. The van der Waals surface area contributed by atoms with Gasteiger partial charge in [-0.2, -0.15) is 5.10 Å². The summed E-state index contributed by atoms with van der Waals surface area (Å²) in [6.45, 7) is 3.88. The first-order valence-electron chi connectivity index (χ1n) is 4.49. The molecule has 0 aliphatic rings. The first-order chi connectivity index (χ1) is 7.13. The van der Waals surface area contributed by atoms with Gasteiger partial charge in [0.25, 0.3) is 0 Å². The lowest BCUT2D eigenvalue weighted by Crippen LogP contribution is -1.93. The molecule has 0 aliphatic heterocycles. The smallest absolute Gasteiger partial charge is 0.158 e. The number of hydrogen-bond donors (Lipinski definition) is 0. The van der Waals surface area contributed by atoms with Crippen molar-refractivity contribution in [3.05, 3.63) is 27.8 Å². The minimum Gasteiger partial charge on any atom is -0.250 e. The molecule has 0 unspecified atom stereocenters. The molecule has 6 nitrogen and oxygen atoms in total. The van der Waals surface area contributed by atoms with E-state index in [1.54, 1.807) is 11.7 Å². The Labute approximate surface area is 86.2 Å². The van der Waals surface area contributed by atoms with Gasteiger partial charge in [-0.15, -0.1) is 0 Å². The standard InChI is InChI=1S/C9H10N6/c1-5-4-6(2)11-9-7(5)8(12-14-10)13-15(9)3/h4H,1-3H3. The van der Waals surface area contributed by atoms with Crippen LogP contribution in [0.25, 0.3) is 21.5 Å². The van der Waals surface area contributed by atoms with E-state index >= 15 is 0 Å². The maximum absolute atomic E-state index is 8.42. The van der Waals surface area contributed by atoms with E-state index in [4.69, 9.17) is 5.53 Å². The number of fused-ring (bicyclic) bond motifs is 1. The summed E-state index contributed by atoms with van der Waals surface area (Å²) in [6, 6.07) is 1.94. The zero-order chi connectivity index (χ0) is 11.0. The van der Waals surface area contributed by atoms with Gasteiger partial charge in [-0.3, -0.25) is 0 Å². The molecule has 0 atom stereocenters. The van der Waals surface area contributed by atoms with Crippen LogP contribution in [-0.2, 0) is 7.05 Å². The Morgan fingerprint density at radius 1 is 1.47 bits per heavy atom. The number of aromatic nitrogens is 3. The van der Waals surface area contributed by atoms with Gasteiger partial charge >= 0.3 is 0 Å². The topological polar surface area (TPSA) is 79.5 Å². The second-order valence-electron chi connectivity index (χ2n) is 3.42. The largest absolute Gasteiger partial charge is 0.250 e. The van der Waals surface area contributed by atoms with Gasteiger partial charge < -0.3 is 0 Å². The lowest BCUT2D eigenvalue weighted by molar-refractivity contribution is 0.785. The summed E-state index contributed by atoms with van der Waals surface area (Å²) in [4.78, 5) is 7.11. The van der Waals surface area contributed by atoms with Gasteiger partial charge in [0.2, 0.25) is 0 Å². The van der Waals surface area contributed by atoms with Gasteiger partial charge in [-0.25, -0.2) is 9.67 Å². The summed E-state index contributed by atoms with van der Waals surface area (Å²) in [7, 11) is 1.78. The highest BCUT2D eigenvalue weighted by Gasteiger charge is 2.11. The summed E-state index contributed by atoms with van der Waals surface area (Å²) in [5.41, 5.74) is 11.1. The van der Waals surface area contributed by atoms with Crippen LogP contribution in [0.15, 0.2) is 11.2 Å². The molecule has 15 heavy (non-hydrogen) atoms. The van der Waals surface area contributed by atoms with Crippen molar-refractivity contribution < 1.29 is 0 Å². The van der Waals surface area contributed by atoms with Gasteiger partial charge in [0.15, 0.2) is 11.5 Å². The first kappa shape index (κ1) is 9.48. The third kappa shape index (κ3) is 1.41. The average molecular weight is 202 g/mol. The summed E-state index contributed by atoms with van der Waals surface area (Å²) in [6.07, 6.45) is 0. The Balaban J connectivity index is 2.93. The molecule has 0 saturated carbocycles. The van der Waals surface area contributed by atoms with Crippen molar-refractivity contribution in [3.63, 3.8) is 0 Å². The number of nitrogens with zero attached hydrogens (tertiary/aromatic N) is 6. The molecular weight excluding hydrogens is 192 g/mol. The van der Waals surface area contributed by atoms with Crippen molar-refractivity contribution in [2.24, 2.45) is 12.2 Å². The Morgan fingerprint density at radius 3 is 2.87 bits per heavy atom. The van der Waals surface area contributed by atoms with Crippen molar-refractivity contribution in [3.8, 4) is 0 Å². The van der Waals surface area contributed by atoms with Crippen molar-refractivity contribution in [1.29, 1.82) is 0 Å². The summed E-state index contributed by atoms with van der Waals surface area (Å²) in [5.74, 6) is 0.389. The average Bonchev–Trinajstić information content (AvgIpc) is 2.44. The first-order valence-corrected chi connectivity index (χ1v) is 4.49. The van der Waals surface area contributed by atoms with Crippen molar-refractivity contribution in [2.45, 2.75) is 13.8 Å². The van der Waals surface area contributed by atoms with Crippen LogP contribution in [0, 0.1) is 13.8 Å². The molecule has 0 radical (unpaired) electrons. The normalized spacial score (nSPS) is 10.3. The van der Waals surface area contributed by atoms with Gasteiger partial charge in [0.1, 0.15) is 0 Å². The molecule has 2 aromatic rings. The molecule has 0 amide bonds. The van der Waals surface area contributed by atoms with Crippen molar-refractivity contribution in [1.82, 2.24) is 14.8 Å². The molecule has 0 bridgehead atoms. The third-order valence-electron chi connectivity index (χ3n) is 2.24. The quantitative estimate of drug-likeness (QED) is 0.404. The van der Waals surface area contributed by atoms with Gasteiger partial charge in [0, 0.05) is 17.7 Å². The van der Waals surface area contributed by atoms with Crippen LogP contribution >= 0.6 is 0 Å². The second kappa shape index (κ2) is 3.25. The van der Waals surface area contributed by atoms with Gasteiger partial charge in [0.05, 0.1) is 5.39 Å². The highest BCUT2D eigenvalue weighted by atomic mass is 15.3. The van der Waals surface area contributed by atoms with E-state index in [2.05, 4.69) is 20.1 Å². The molecule has 0 spiro atoms. The Kier molecular flexibility index (Phi) is 2.06. The van der Waals surface area contributed by atoms with Crippen LogP contribution < -0.4 is 0 Å². The summed E-state index contributed by atoms with van der Waals surface area (Å²) >= 11 is 0. The van der Waals surface area contributed by atoms with Crippen LogP contribution in [0.1, 0.15) is 11.3 Å². The van der Waals surface area contributed by atoms with E-state index in [1.807, 2.05) is 19.9 Å². The highest BCUT2D eigenvalue weighted by Crippen LogP contribution is 2.27. The molecule has 2 aromatic heterocycles. The van der Waals surface area contributed by atoms with Crippen LogP contribution in [-0.4, -0.2) is 14.8 Å². The van der Waals surface area contributed by atoms with Crippen LogP contribution in [0.3, 0.4) is 0 Å². The van der Waals surface area contributed by atoms with E-state index in [0.717, 1.165) is 22.3 Å². The Hall–Kier alpha value is -2.07. The van der Waals surface area contributed by atoms with Gasteiger partial charge in [-0.1, -0.05) is 0 Å². The number of aryl methyl sites for hydroxylation is 3. The zero-order valence-corrected chi connectivity index (χ0v) is 8.76. The molecular formula is C9H10N6. The maximum Gasteiger partial charge on any atom is 0.158 e. The predicted octanol–water partition coefficient (Wildman–Crippen LogP) is 2.53. The molecule has 0 fully saturated rings. The number of rotatable bonds is 1. The van der Waals surface area contributed by atoms with E-state index in [0.29, 0.717) is 5.82 Å². The number of hydrogen-bond acceptors (Lipinski definition) is 3. The van der Waals surface area contributed by atoms with Crippen molar-refractivity contribution >= 4 is 16.9 Å². The van der Waals surface area contributed by atoms with E-state index < -0.39 is 0 Å². The second-order valence-corrected chi connectivity index (χ2v) is 3.42. The van der Waals surface area contributed by atoms with Crippen molar-refractivity contribution in [2.75, 3.05) is 0 Å². The van der Waals surface area contributed by atoms with E-state index in [1.165, 1.54) is 0 Å². The predicted molar refractivity (Wildman–Crippen MR) is 56.8 cm³/mol. The molecule has 76 valence electrons. The highest BCUT2D eigenvalue weighted by molar-refractivity contribution is 5.89. The number of azide groups is 1. The molecule has 0 aliphatic carbocycles. The zero-order valence-electron chi connectivity index (χ0n) is 8.76. The Bertz CT molecular complexity index is 576. The summed E-state index contributed by atoms with van der Waals surface area (Å²) in [5, 5.41) is 8.49. The molecule has 0 aromatic carbocycles. The molecule has 6 heteroatoms. The SMILES string of the molecule is Cc1cc(C)c2c(N=[N+]=[N-])nn(C)c2n1. The van der Waals surface area contributed by atoms with Crippen LogP contribution in [0.2, 0.25) is 0 Å². The van der Waals surface area contributed by atoms with Crippen LogP contribution in [0.5, 0.6) is 0 Å². The molecule has 0 saturated heterocycles. The maximum atomic E-state index is 8.42. The Morgan fingerprint density at radius 2 is 2.20 bits per heavy atom. The van der Waals surface area contributed by atoms with E-state index in [9.17, 15) is 0 Å². The lowest BCUT2D eigenvalue weighted by atomic mass is 10.2. The minimum absolute atomic E-state index is 0.389. The fourth-order valence-electron chi connectivity index (χ4n) is 1.68. The third-order valence-corrected chi connectivity index (χ3v) is 2.24. The minimum atomic E-state index is 0.389. The summed E-state index contributed by atoms with van der Waals surface area (Å²) < 4.78 is 1.62. The molecule has 2 rings (SSSR count). The molecule has 2 heterocycles.